The lowest BCUT2D eigenvalue weighted by atomic mass is 10.0. The molecule has 6 heteroatoms. The van der Waals surface area contributed by atoms with E-state index in [4.69, 9.17) is 9.47 Å². The minimum Gasteiger partial charge on any atom is -0.347 e. The van der Waals surface area contributed by atoms with Gasteiger partial charge in [-0.3, -0.25) is 0 Å². The van der Waals surface area contributed by atoms with E-state index in [1.807, 2.05) is 0 Å². The molecule has 1 spiro atoms. The van der Waals surface area contributed by atoms with Gasteiger partial charge in [0.1, 0.15) is 5.82 Å². The SMILES string of the molecule is CC(C)c1nsc(N2CCC3(CC2)OC[C@@H](C)O3)n1. The van der Waals surface area contributed by atoms with Gasteiger partial charge in [-0.2, -0.15) is 4.37 Å². The van der Waals surface area contributed by atoms with Crippen molar-refractivity contribution in [1.29, 1.82) is 0 Å². The molecular formula is C13H21N3O2S. The summed E-state index contributed by atoms with van der Waals surface area (Å²) in [6.07, 6.45) is 2.04. The van der Waals surface area contributed by atoms with Crippen molar-refractivity contribution >= 4 is 16.7 Å². The van der Waals surface area contributed by atoms with Gasteiger partial charge in [-0.25, -0.2) is 4.98 Å². The van der Waals surface area contributed by atoms with Crippen LogP contribution >= 0.6 is 11.5 Å². The number of ether oxygens (including phenoxy) is 2. The molecule has 3 rings (SSSR count). The fraction of sp³-hybridized carbons (Fsp3) is 0.846. The van der Waals surface area contributed by atoms with Gasteiger partial charge in [0, 0.05) is 43.4 Å². The van der Waals surface area contributed by atoms with Crippen LogP contribution in [-0.4, -0.2) is 40.9 Å². The van der Waals surface area contributed by atoms with Crippen molar-refractivity contribution in [1.82, 2.24) is 9.36 Å². The molecule has 2 aliphatic rings. The van der Waals surface area contributed by atoms with Crippen molar-refractivity contribution in [2.75, 3.05) is 24.6 Å². The first-order valence-corrected chi connectivity index (χ1v) is 7.76. The van der Waals surface area contributed by atoms with E-state index < -0.39 is 0 Å². The second kappa shape index (κ2) is 5.00. The third-order valence-corrected chi connectivity index (χ3v) is 4.53. The summed E-state index contributed by atoms with van der Waals surface area (Å²) in [5, 5.41) is 1.03. The first-order chi connectivity index (χ1) is 9.08. The Morgan fingerprint density at radius 3 is 2.63 bits per heavy atom. The Hall–Kier alpha value is -0.720. The second-order valence-corrected chi connectivity index (χ2v) is 6.46. The molecule has 1 aromatic rings. The Kier molecular flexibility index (Phi) is 3.49. The monoisotopic (exact) mass is 283 g/mol. The number of rotatable bonds is 2. The van der Waals surface area contributed by atoms with Crippen LogP contribution in [-0.2, 0) is 9.47 Å². The van der Waals surface area contributed by atoms with E-state index >= 15 is 0 Å². The van der Waals surface area contributed by atoms with Gasteiger partial charge in [-0.05, 0) is 6.92 Å². The zero-order chi connectivity index (χ0) is 13.5. The molecule has 0 unspecified atom stereocenters. The number of hydrogen-bond donors (Lipinski definition) is 0. The van der Waals surface area contributed by atoms with E-state index in [9.17, 15) is 0 Å². The van der Waals surface area contributed by atoms with Crippen LogP contribution in [0.5, 0.6) is 0 Å². The summed E-state index contributed by atoms with van der Waals surface area (Å²) in [7, 11) is 0. The maximum atomic E-state index is 5.94. The van der Waals surface area contributed by atoms with Crippen molar-refractivity contribution in [3.63, 3.8) is 0 Å². The summed E-state index contributed by atoms with van der Waals surface area (Å²) in [5.74, 6) is 1.01. The third-order valence-electron chi connectivity index (χ3n) is 3.74. The second-order valence-electron chi connectivity index (χ2n) is 5.73. The number of piperidine rings is 1. The molecule has 0 amide bonds. The van der Waals surface area contributed by atoms with E-state index in [1.165, 1.54) is 11.5 Å². The largest absolute Gasteiger partial charge is 0.347 e. The van der Waals surface area contributed by atoms with Crippen molar-refractivity contribution < 1.29 is 9.47 Å². The third kappa shape index (κ3) is 2.61. The van der Waals surface area contributed by atoms with Crippen LogP contribution in [0, 0.1) is 0 Å². The van der Waals surface area contributed by atoms with Crippen molar-refractivity contribution in [3.05, 3.63) is 5.82 Å². The van der Waals surface area contributed by atoms with Gasteiger partial charge in [0.05, 0.1) is 12.7 Å². The molecule has 2 saturated heterocycles. The highest BCUT2D eigenvalue weighted by molar-refractivity contribution is 7.09. The van der Waals surface area contributed by atoms with E-state index in [-0.39, 0.29) is 11.9 Å². The van der Waals surface area contributed by atoms with E-state index in [1.54, 1.807) is 0 Å². The van der Waals surface area contributed by atoms with Crippen LogP contribution in [0.4, 0.5) is 5.13 Å². The van der Waals surface area contributed by atoms with Crippen LogP contribution in [0.1, 0.15) is 45.4 Å². The maximum Gasteiger partial charge on any atom is 0.205 e. The maximum absolute atomic E-state index is 5.94. The summed E-state index contributed by atoms with van der Waals surface area (Å²) < 4.78 is 16.2. The molecule has 0 N–H and O–H groups in total. The van der Waals surface area contributed by atoms with Crippen LogP contribution in [0.15, 0.2) is 0 Å². The van der Waals surface area contributed by atoms with Gasteiger partial charge < -0.3 is 14.4 Å². The predicted octanol–water partition coefficient (Wildman–Crippen LogP) is 2.39. The molecule has 2 fully saturated rings. The molecule has 0 aromatic carbocycles. The van der Waals surface area contributed by atoms with Crippen LogP contribution in [0.3, 0.4) is 0 Å². The molecule has 3 heterocycles. The topological polar surface area (TPSA) is 47.5 Å². The standard InChI is InChI=1S/C13H21N3O2S/c1-9(2)11-14-12(19-15-11)16-6-4-13(5-7-16)17-8-10(3)18-13/h9-10H,4-8H2,1-3H3/t10-/m1/s1. The van der Waals surface area contributed by atoms with Gasteiger partial charge in [0.15, 0.2) is 5.79 Å². The summed E-state index contributed by atoms with van der Waals surface area (Å²) in [6, 6.07) is 0. The number of aromatic nitrogens is 2. The van der Waals surface area contributed by atoms with Gasteiger partial charge in [0.25, 0.3) is 0 Å². The normalized spacial score (nSPS) is 26.5. The molecule has 0 aliphatic carbocycles. The Bertz CT molecular complexity index is 441. The molecule has 0 saturated carbocycles. The Morgan fingerprint density at radius 1 is 1.37 bits per heavy atom. The fourth-order valence-corrected chi connectivity index (χ4v) is 3.45. The summed E-state index contributed by atoms with van der Waals surface area (Å²) in [5.41, 5.74) is 0. The quantitative estimate of drug-likeness (QED) is 0.834. The molecule has 106 valence electrons. The molecule has 2 aliphatic heterocycles. The smallest absolute Gasteiger partial charge is 0.205 e. The lowest BCUT2D eigenvalue weighted by Gasteiger charge is -2.37. The van der Waals surface area contributed by atoms with Crippen LogP contribution in [0.2, 0.25) is 0 Å². The highest BCUT2D eigenvalue weighted by Gasteiger charge is 2.42. The van der Waals surface area contributed by atoms with E-state index in [0.29, 0.717) is 5.92 Å². The average Bonchev–Trinajstić information content (AvgIpc) is 2.99. The van der Waals surface area contributed by atoms with E-state index in [0.717, 1.165) is 43.5 Å². The molecule has 5 nitrogen and oxygen atoms in total. The molecular weight excluding hydrogens is 262 g/mol. The van der Waals surface area contributed by atoms with Gasteiger partial charge in [0.2, 0.25) is 5.13 Å². The number of anilines is 1. The van der Waals surface area contributed by atoms with Gasteiger partial charge in [-0.15, -0.1) is 0 Å². The van der Waals surface area contributed by atoms with E-state index in [2.05, 4.69) is 35.0 Å². The predicted molar refractivity (Wildman–Crippen MR) is 74.7 cm³/mol. The Labute approximate surface area is 118 Å². The van der Waals surface area contributed by atoms with Crippen molar-refractivity contribution in [3.8, 4) is 0 Å². The zero-order valence-corrected chi connectivity index (χ0v) is 12.6. The Morgan fingerprint density at radius 2 is 2.11 bits per heavy atom. The van der Waals surface area contributed by atoms with Crippen molar-refractivity contribution in [2.45, 2.75) is 51.4 Å². The van der Waals surface area contributed by atoms with Crippen LogP contribution < -0.4 is 4.90 Å². The first kappa shape index (κ1) is 13.3. The summed E-state index contributed by atoms with van der Waals surface area (Å²) in [6.45, 7) is 8.90. The average molecular weight is 283 g/mol. The summed E-state index contributed by atoms with van der Waals surface area (Å²) in [4.78, 5) is 6.91. The zero-order valence-electron chi connectivity index (χ0n) is 11.8. The molecule has 19 heavy (non-hydrogen) atoms. The molecule has 0 radical (unpaired) electrons. The van der Waals surface area contributed by atoms with Gasteiger partial charge >= 0.3 is 0 Å². The van der Waals surface area contributed by atoms with Crippen molar-refractivity contribution in [2.24, 2.45) is 0 Å². The molecule has 1 aromatic heterocycles. The lowest BCUT2D eigenvalue weighted by molar-refractivity contribution is -0.178. The fourth-order valence-electron chi connectivity index (χ4n) is 2.59. The first-order valence-electron chi connectivity index (χ1n) is 6.98. The molecule has 0 bridgehead atoms. The van der Waals surface area contributed by atoms with Crippen LogP contribution in [0.25, 0.3) is 0 Å². The number of nitrogens with zero attached hydrogens (tertiary/aromatic N) is 3. The number of hydrogen-bond acceptors (Lipinski definition) is 6. The highest BCUT2D eigenvalue weighted by Crippen LogP contribution is 2.35. The summed E-state index contributed by atoms with van der Waals surface area (Å²) >= 11 is 1.50. The molecule has 1 atom stereocenters. The van der Waals surface area contributed by atoms with Gasteiger partial charge in [-0.1, -0.05) is 13.8 Å². The highest BCUT2D eigenvalue weighted by atomic mass is 32.1. The minimum atomic E-state index is -0.332. The lowest BCUT2D eigenvalue weighted by Crippen LogP contribution is -2.45. The minimum absolute atomic E-state index is 0.223. The Balaban J connectivity index is 1.63.